The zero-order valence-corrected chi connectivity index (χ0v) is 11.7. The van der Waals surface area contributed by atoms with Crippen molar-refractivity contribution in [2.24, 2.45) is 0 Å². The third kappa shape index (κ3) is 3.85. The van der Waals surface area contributed by atoms with Crippen LogP contribution in [0.25, 0.3) is 17.3 Å². The largest absolute Gasteiger partial charge is 0.478 e. The molecule has 2 aromatic rings. The van der Waals surface area contributed by atoms with Crippen LogP contribution >= 0.6 is 11.6 Å². The van der Waals surface area contributed by atoms with Crippen LogP contribution in [0.2, 0.25) is 5.15 Å². The van der Waals surface area contributed by atoms with Gasteiger partial charge in [-0.3, -0.25) is 0 Å². The van der Waals surface area contributed by atoms with Crippen molar-refractivity contribution < 1.29 is 23.1 Å². The quantitative estimate of drug-likeness (QED) is 0.666. The van der Waals surface area contributed by atoms with Gasteiger partial charge in [0.2, 0.25) is 0 Å². The molecule has 1 aromatic carbocycles. The van der Waals surface area contributed by atoms with E-state index in [0.29, 0.717) is 5.56 Å². The number of aliphatic carboxylic acids is 1. The molecule has 0 radical (unpaired) electrons. The van der Waals surface area contributed by atoms with Gasteiger partial charge in [-0.05, 0) is 30.3 Å². The second kappa shape index (κ2) is 6.19. The van der Waals surface area contributed by atoms with E-state index in [-0.39, 0.29) is 16.4 Å². The number of pyridine rings is 1. The highest BCUT2D eigenvalue weighted by Gasteiger charge is 2.30. The third-order valence-electron chi connectivity index (χ3n) is 2.77. The van der Waals surface area contributed by atoms with Gasteiger partial charge in [0.05, 0.1) is 11.3 Å². The predicted octanol–water partition coefficient (Wildman–Crippen LogP) is 4.52. The predicted molar refractivity (Wildman–Crippen MR) is 76.4 cm³/mol. The normalized spacial score (nSPS) is 11.8. The number of hydrogen-bond donors (Lipinski definition) is 1. The van der Waals surface area contributed by atoms with Crippen molar-refractivity contribution in [1.82, 2.24) is 4.98 Å². The van der Waals surface area contributed by atoms with E-state index in [1.54, 1.807) is 0 Å². The van der Waals surface area contributed by atoms with Gasteiger partial charge < -0.3 is 5.11 Å². The number of halogens is 4. The smallest absolute Gasteiger partial charge is 0.416 e. The summed E-state index contributed by atoms with van der Waals surface area (Å²) in [6.45, 7) is 0. The van der Waals surface area contributed by atoms with Crippen molar-refractivity contribution in [3.05, 3.63) is 58.8 Å². The van der Waals surface area contributed by atoms with Gasteiger partial charge in [0.15, 0.2) is 0 Å². The lowest BCUT2D eigenvalue weighted by Crippen LogP contribution is -2.04. The number of rotatable bonds is 3. The maximum Gasteiger partial charge on any atom is 0.416 e. The van der Waals surface area contributed by atoms with Crippen molar-refractivity contribution in [1.29, 1.82) is 0 Å². The molecule has 1 aromatic heterocycles. The minimum atomic E-state index is -4.44. The number of carboxylic acids is 1. The standard InChI is InChI=1S/C15H9ClF3NO2/c16-14-9(5-7-13(21)22)4-6-12(20-14)10-2-1-3-11(8-10)15(17,18)19/h1-8H,(H,21,22)/b7-5+. The highest BCUT2D eigenvalue weighted by molar-refractivity contribution is 6.31. The van der Waals surface area contributed by atoms with Crippen LogP contribution < -0.4 is 0 Å². The van der Waals surface area contributed by atoms with Crippen molar-refractivity contribution in [2.75, 3.05) is 0 Å². The number of benzene rings is 1. The Hall–Kier alpha value is -2.34. The first-order chi connectivity index (χ1) is 10.3. The molecule has 114 valence electrons. The summed E-state index contributed by atoms with van der Waals surface area (Å²) >= 11 is 5.91. The topological polar surface area (TPSA) is 50.2 Å². The highest BCUT2D eigenvalue weighted by atomic mass is 35.5. The van der Waals surface area contributed by atoms with E-state index in [1.807, 2.05) is 0 Å². The lowest BCUT2D eigenvalue weighted by Gasteiger charge is -2.09. The summed E-state index contributed by atoms with van der Waals surface area (Å²) < 4.78 is 38.1. The Bertz CT molecular complexity index is 742. The maximum absolute atomic E-state index is 12.7. The fourth-order valence-corrected chi connectivity index (χ4v) is 1.96. The number of carboxylic acid groups (broad SMARTS) is 1. The van der Waals surface area contributed by atoms with E-state index in [9.17, 15) is 18.0 Å². The lowest BCUT2D eigenvalue weighted by molar-refractivity contribution is -0.137. The SMILES string of the molecule is O=C(O)/C=C/c1ccc(-c2cccc(C(F)(F)F)c2)nc1Cl. The maximum atomic E-state index is 12.7. The minimum Gasteiger partial charge on any atom is -0.478 e. The molecular weight excluding hydrogens is 319 g/mol. The van der Waals surface area contributed by atoms with Crippen LogP contribution in [0, 0.1) is 0 Å². The Kier molecular flexibility index (Phi) is 4.51. The Morgan fingerprint density at radius 3 is 2.55 bits per heavy atom. The Morgan fingerprint density at radius 2 is 1.95 bits per heavy atom. The summed E-state index contributed by atoms with van der Waals surface area (Å²) in [6, 6.07) is 7.68. The van der Waals surface area contributed by atoms with Gasteiger partial charge in [0, 0.05) is 17.2 Å². The van der Waals surface area contributed by atoms with Gasteiger partial charge in [-0.15, -0.1) is 0 Å². The first-order valence-electron chi connectivity index (χ1n) is 6.02. The van der Waals surface area contributed by atoms with Crippen LogP contribution in [-0.4, -0.2) is 16.1 Å². The summed E-state index contributed by atoms with van der Waals surface area (Å²) in [7, 11) is 0. The number of hydrogen-bond acceptors (Lipinski definition) is 2. The van der Waals surface area contributed by atoms with E-state index < -0.39 is 17.7 Å². The summed E-state index contributed by atoms with van der Waals surface area (Å²) in [4.78, 5) is 14.4. The average molecular weight is 328 g/mol. The molecule has 1 heterocycles. The molecule has 0 fully saturated rings. The van der Waals surface area contributed by atoms with Crippen LogP contribution in [0.5, 0.6) is 0 Å². The highest BCUT2D eigenvalue weighted by Crippen LogP contribution is 2.32. The molecule has 0 atom stereocenters. The van der Waals surface area contributed by atoms with E-state index >= 15 is 0 Å². The van der Waals surface area contributed by atoms with Gasteiger partial charge in [-0.1, -0.05) is 23.7 Å². The van der Waals surface area contributed by atoms with Crippen molar-refractivity contribution in [2.45, 2.75) is 6.18 Å². The van der Waals surface area contributed by atoms with E-state index in [0.717, 1.165) is 18.2 Å². The second-order valence-corrected chi connectivity index (χ2v) is 4.68. The van der Waals surface area contributed by atoms with Gasteiger partial charge in [-0.2, -0.15) is 13.2 Å². The molecule has 3 nitrogen and oxygen atoms in total. The molecule has 0 saturated carbocycles. The van der Waals surface area contributed by atoms with Gasteiger partial charge in [-0.25, -0.2) is 9.78 Å². The van der Waals surface area contributed by atoms with Crippen molar-refractivity contribution in [3.63, 3.8) is 0 Å². The number of alkyl halides is 3. The van der Waals surface area contributed by atoms with Crippen molar-refractivity contribution in [3.8, 4) is 11.3 Å². The third-order valence-corrected chi connectivity index (χ3v) is 3.07. The molecule has 0 spiro atoms. The fraction of sp³-hybridized carbons (Fsp3) is 0.0667. The van der Waals surface area contributed by atoms with Crippen LogP contribution in [0.15, 0.2) is 42.5 Å². The minimum absolute atomic E-state index is 0.00686. The molecule has 0 bridgehead atoms. The summed E-state index contributed by atoms with van der Waals surface area (Å²) in [5.74, 6) is -1.14. The molecule has 0 aliphatic carbocycles. The van der Waals surface area contributed by atoms with Crippen LogP contribution in [0.3, 0.4) is 0 Å². The molecule has 0 aliphatic rings. The first kappa shape index (κ1) is 16.0. The average Bonchev–Trinajstić information content (AvgIpc) is 2.45. The number of aromatic nitrogens is 1. The van der Waals surface area contributed by atoms with Crippen LogP contribution in [0.1, 0.15) is 11.1 Å². The molecule has 1 N–H and O–H groups in total. The van der Waals surface area contributed by atoms with E-state index in [2.05, 4.69) is 4.98 Å². The van der Waals surface area contributed by atoms with Crippen molar-refractivity contribution >= 4 is 23.6 Å². The second-order valence-electron chi connectivity index (χ2n) is 4.33. The monoisotopic (exact) mass is 327 g/mol. The molecule has 0 amide bonds. The Labute approximate surface area is 128 Å². The zero-order valence-electron chi connectivity index (χ0n) is 10.9. The number of carbonyl (C=O) groups is 1. The Balaban J connectivity index is 2.38. The Morgan fingerprint density at radius 1 is 1.23 bits per heavy atom. The molecule has 22 heavy (non-hydrogen) atoms. The zero-order chi connectivity index (χ0) is 16.3. The van der Waals surface area contributed by atoms with E-state index in [1.165, 1.54) is 30.3 Å². The summed E-state index contributed by atoms with van der Waals surface area (Å²) in [5.41, 5.74) is 0.117. The molecule has 0 unspecified atom stereocenters. The molecular formula is C15H9ClF3NO2. The van der Waals surface area contributed by atoms with Gasteiger partial charge >= 0.3 is 12.1 Å². The lowest BCUT2D eigenvalue weighted by atomic mass is 10.1. The summed E-state index contributed by atoms with van der Waals surface area (Å²) in [5, 5.41) is 8.56. The molecule has 0 aliphatic heterocycles. The summed E-state index contributed by atoms with van der Waals surface area (Å²) in [6.07, 6.45) is -2.29. The number of nitrogens with zero attached hydrogens (tertiary/aromatic N) is 1. The van der Waals surface area contributed by atoms with Gasteiger partial charge in [0.1, 0.15) is 5.15 Å². The fourth-order valence-electron chi connectivity index (χ4n) is 1.75. The molecule has 2 rings (SSSR count). The molecule has 7 heteroatoms. The van der Waals surface area contributed by atoms with E-state index in [4.69, 9.17) is 16.7 Å². The van der Waals surface area contributed by atoms with Gasteiger partial charge in [0.25, 0.3) is 0 Å². The van der Waals surface area contributed by atoms with Crippen LogP contribution in [-0.2, 0) is 11.0 Å². The molecule has 0 saturated heterocycles. The first-order valence-corrected chi connectivity index (χ1v) is 6.40. The van der Waals surface area contributed by atoms with Crippen LogP contribution in [0.4, 0.5) is 13.2 Å².